The maximum Gasteiger partial charge on any atom is 0.306 e. The van der Waals surface area contributed by atoms with Crippen LogP contribution in [0.25, 0.3) is 0 Å². The van der Waals surface area contributed by atoms with Crippen molar-refractivity contribution in [2.24, 2.45) is 0 Å². The molecule has 9 nitrogen and oxygen atoms in total. The van der Waals surface area contributed by atoms with Gasteiger partial charge in [-0.05, 0) is 109 Å². The van der Waals surface area contributed by atoms with Gasteiger partial charge >= 0.3 is 11.9 Å². The van der Waals surface area contributed by atoms with Crippen LogP contribution >= 0.6 is 7.82 Å². The standard InChI is InChI=1S/C60H96NO8P/c1-6-8-10-12-14-16-18-20-22-24-25-26-27-28-29-30-31-32-33-34-35-37-39-41-43-45-47-49-51-53-60(63)69-58(57-68-70(64,65)67-55-54-61(3,4)5)56-66-59(62)52-50-48-46-44-42-40-38-36-23-21-19-17-15-13-11-9-7-2/h8-11,14-17,20-23,25-26,28-29,31-32,34-35,39,41,45,47,58H,6-7,12-13,18-19,24,27,30,33,36-38,40,42-44,46,48-57H2,1-5H3/b10-8-,11-9-,16-14-,17-15-,22-20-,23-21-,26-25-,29-28-,32-31-,35-34-,41-39-,47-45-. The Labute approximate surface area is 427 Å². The van der Waals surface area contributed by atoms with Gasteiger partial charge in [0, 0.05) is 12.8 Å². The molecule has 0 N–H and O–H groups in total. The maximum atomic E-state index is 12.7. The third-order valence-corrected chi connectivity index (χ3v) is 11.3. The zero-order chi connectivity index (χ0) is 51.3. The van der Waals surface area contributed by atoms with E-state index in [2.05, 4.69) is 154 Å². The van der Waals surface area contributed by atoms with E-state index in [0.29, 0.717) is 30.3 Å². The van der Waals surface area contributed by atoms with Crippen molar-refractivity contribution in [2.45, 2.75) is 174 Å². The summed E-state index contributed by atoms with van der Waals surface area (Å²) >= 11 is 0. The van der Waals surface area contributed by atoms with E-state index in [0.717, 1.165) is 103 Å². The van der Waals surface area contributed by atoms with Gasteiger partial charge in [0.25, 0.3) is 7.82 Å². The van der Waals surface area contributed by atoms with Gasteiger partial charge in [-0.1, -0.05) is 192 Å². The first-order valence-electron chi connectivity index (χ1n) is 26.5. The molecule has 0 amide bonds. The molecule has 10 heteroatoms. The lowest BCUT2D eigenvalue weighted by molar-refractivity contribution is -0.870. The predicted molar refractivity (Wildman–Crippen MR) is 295 cm³/mol. The van der Waals surface area contributed by atoms with Crippen LogP contribution < -0.4 is 4.89 Å². The summed E-state index contributed by atoms with van der Waals surface area (Å²) in [5, 5.41) is 0. The van der Waals surface area contributed by atoms with Crippen LogP contribution in [-0.2, 0) is 32.7 Å². The van der Waals surface area contributed by atoms with Crippen LogP contribution in [0.3, 0.4) is 0 Å². The van der Waals surface area contributed by atoms with Gasteiger partial charge in [0.05, 0.1) is 27.7 Å². The molecular weight excluding hydrogens is 894 g/mol. The molecule has 0 aliphatic heterocycles. The minimum atomic E-state index is -4.66. The van der Waals surface area contributed by atoms with Gasteiger partial charge in [0.2, 0.25) is 0 Å². The highest BCUT2D eigenvalue weighted by molar-refractivity contribution is 7.45. The maximum absolute atomic E-state index is 12.7. The number of likely N-dealkylation sites (N-methyl/N-ethyl adjacent to an activating group) is 1. The SMILES string of the molecule is CC/C=C\C/C=C\C/C=C\C/C=C\C/C=C\C/C=C\C/C=C\C/C=C\C/C=C\CCCC(=O)OC(COC(=O)CCCCCCCCC/C=C\C/C=C\C/C=C\CC)COP(=O)([O-])OCC[N+](C)(C)C. The van der Waals surface area contributed by atoms with Crippen LogP contribution in [0.15, 0.2) is 146 Å². The third kappa shape index (κ3) is 53.2. The Morgan fingerprint density at radius 3 is 1.19 bits per heavy atom. The van der Waals surface area contributed by atoms with Crippen LogP contribution in [0.2, 0.25) is 0 Å². The summed E-state index contributed by atoms with van der Waals surface area (Å²) in [4.78, 5) is 37.7. The van der Waals surface area contributed by atoms with Gasteiger partial charge in [0.15, 0.2) is 6.10 Å². The van der Waals surface area contributed by atoms with Crippen molar-refractivity contribution in [3.63, 3.8) is 0 Å². The number of phosphoric acid groups is 1. The Morgan fingerprint density at radius 2 is 0.786 bits per heavy atom. The highest BCUT2D eigenvalue weighted by atomic mass is 31.2. The zero-order valence-electron chi connectivity index (χ0n) is 44.4. The first-order valence-corrected chi connectivity index (χ1v) is 28.0. The van der Waals surface area contributed by atoms with E-state index in [1.54, 1.807) is 0 Å². The number of ether oxygens (including phenoxy) is 2. The molecule has 0 heterocycles. The number of rotatable bonds is 46. The molecule has 2 unspecified atom stereocenters. The molecule has 0 radical (unpaired) electrons. The normalized spacial score (nSPS) is 14.5. The highest BCUT2D eigenvalue weighted by Gasteiger charge is 2.21. The van der Waals surface area contributed by atoms with Crippen LogP contribution in [0.1, 0.15) is 168 Å². The number of nitrogens with zero attached hydrogens (tertiary/aromatic N) is 1. The molecule has 2 atom stereocenters. The number of esters is 2. The van der Waals surface area contributed by atoms with Crippen molar-refractivity contribution in [1.82, 2.24) is 0 Å². The molecule has 0 aromatic heterocycles. The second-order valence-electron chi connectivity index (χ2n) is 18.1. The van der Waals surface area contributed by atoms with Crippen molar-refractivity contribution in [1.29, 1.82) is 0 Å². The van der Waals surface area contributed by atoms with Crippen LogP contribution in [0, 0.1) is 0 Å². The minimum Gasteiger partial charge on any atom is -0.756 e. The quantitative estimate of drug-likeness (QED) is 0.0195. The number of unbranched alkanes of at least 4 members (excludes halogenated alkanes) is 8. The topological polar surface area (TPSA) is 111 Å². The summed E-state index contributed by atoms with van der Waals surface area (Å²) in [7, 11) is 1.10. The van der Waals surface area contributed by atoms with E-state index >= 15 is 0 Å². The van der Waals surface area contributed by atoms with Crippen molar-refractivity contribution >= 4 is 19.8 Å². The second-order valence-corrected chi connectivity index (χ2v) is 19.5. The number of quaternary nitrogens is 1. The van der Waals surface area contributed by atoms with Gasteiger partial charge in [0.1, 0.15) is 19.8 Å². The smallest absolute Gasteiger partial charge is 0.306 e. The number of allylic oxidation sites excluding steroid dienone is 24. The number of hydrogen-bond donors (Lipinski definition) is 0. The van der Waals surface area contributed by atoms with E-state index in [4.69, 9.17) is 18.5 Å². The number of carbonyl (C=O) groups excluding carboxylic acids is 2. The summed E-state index contributed by atoms with van der Waals surface area (Å²) in [6.07, 6.45) is 73.2. The van der Waals surface area contributed by atoms with Gasteiger partial charge in [-0.25, -0.2) is 0 Å². The fraction of sp³-hybridized carbons (Fsp3) is 0.567. The molecule has 0 fully saturated rings. The van der Waals surface area contributed by atoms with Gasteiger partial charge in [-0.15, -0.1) is 0 Å². The van der Waals surface area contributed by atoms with Crippen molar-refractivity contribution < 1.29 is 42.1 Å². The van der Waals surface area contributed by atoms with E-state index in [9.17, 15) is 19.0 Å². The van der Waals surface area contributed by atoms with Crippen LogP contribution in [-0.4, -0.2) is 70.0 Å². The Hall–Kier alpha value is -4.11. The van der Waals surface area contributed by atoms with Gasteiger partial charge < -0.3 is 27.9 Å². The fourth-order valence-corrected chi connectivity index (χ4v) is 7.04. The Morgan fingerprint density at radius 1 is 0.443 bits per heavy atom. The molecule has 394 valence electrons. The minimum absolute atomic E-state index is 0.0526. The fourth-order valence-electron chi connectivity index (χ4n) is 6.32. The van der Waals surface area contributed by atoms with E-state index in [1.807, 2.05) is 27.2 Å². The van der Waals surface area contributed by atoms with E-state index in [1.165, 1.54) is 19.3 Å². The third-order valence-electron chi connectivity index (χ3n) is 10.4. The van der Waals surface area contributed by atoms with Crippen LogP contribution in [0.4, 0.5) is 0 Å². The molecule has 0 aromatic rings. The molecule has 0 saturated carbocycles. The lowest BCUT2D eigenvalue weighted by Gasteiger charge is -2.28. The first-order chi connectivity index (χ1) is 34.0. The molecule has 0 aromatic carbocycles. The zero-order valence-corrected chi connectivity index (χ0v) is 45.3. The Kier molecular flexibility index (Phi) is 46.9. The highest BCUT2D eigenvalue weighted by Crippen LogP contribution is 2.38. The summed E-state index contributed by atoms with van der Waals surface area (Å²) in [5.74, 6) is -0.930. The monoisotopic (exact) mass is 990 g/mol. The van der Waals surface area contributed by atoms with Gasteiger partial charge in [-0.3, -0.25) is 14.2 Å². The predicted octanol–water partition coefficient (Wildman–Crippen LogP) is 15.7. The molecular formula is C60H96NO8P. The Bertz CT molecular complexity index is 1690. The summed E-state index contributed by atoms with van der Waals surface area (Å²) in [6, 6.07) is 0. The first kappa shape index (κ1) is 65.9. The van der Waals surface area contributed by atoms with E-state index in [-0.39, 0.29) is 26.1 Å². The second kappa shape index (κ2) is 49.9. The molecule has 0 rings (SSSR count). The lowest BCUT2D eigenvalue weighted by Crippen LogP contribution is -2.37. The van der Waals surface area contributed by atoms with E-state index < -0.39 is 32.5 Å². The molecule has 0 spiro atoms. The summed E-state index contributed by atoms with van der Waals surface area (Å²) in [5.41, 5.74) is 0. The molecule has 0 saturated heterocycles. The lowest BCUT2D eigenvalue weighted by atomic mass is 10.1. The summed E-state index contributed by atoms with van der Waals surface area (Å²) in [6.45, 7) is 3.90. The Balaban J connectivity index is 4.40. The van der Waals surface area contributed by atoms with Crippen molar-refractivity contribution in [2.75, 3.05) is 47.5 Å². The number of carbonyl (C=O) groups is 2. The molecule has 0 bridgehead atoms. The van der Waals surface area contributed by atoms with Gasteiger partial charge in [-0.2, -0.15) is 0 Å². The molecule has 0 aliphatic carbocycles. The number of hydrogen-bond acceptors (Lipinski definition) is 8. The largest absolute Gasteiger partial charge is 0.756 e. The average Bonchev–Trinajstić information content (AvgIpc) is 3.32. The van der Waals surface area contributed by atoms with Crippen molar-refractivity contribution in [3.05, 3.63) is 146 Å². The molecule has 0 aliphatic rings. The molecule has 70 heavy (non-hydrogen) atoms. The van der Waals surface area contributed by atoms with Crippen molar-refractivity contribution in [3.8, 4) is 0 Å². The van der Waals surface area contributed by atoms with Crippen LogP contribution in [0.5, 0.6) is 0 Å². The summed E-state index contributed by atoms with van der Waals surface area (Å²) < 4.78 is 34.0. The average molecular weight is 990 g/mol. The number of phosphoric ester groups is 1.